The summed E-state index contributed by atoms with van der Waals surface area (Å²) in [5.74, 6) is 0.684. The molecule has 3 aliphatic heterocycles. The molecule has 5 rings (SSSR count). The highest BCUT2D eigenvalue weighted by molar-refractivity contribution is 6.30. The van der Waals surface area contributed by atoms with E-state index in [1.54, 1.807) is 18.3 Å². The summed E-state index contributed by atoms with van der Waals surface area (Å²) in [5, 5.41) is 0.620. The molecule has 0 N–H and O–H groups in total. The molecule has 2 aromatic rings. The molecule has 0 unspecified atom stereocenters. The number of pyridine rings is 1. The molecule has 140 valence electrons. The Labute approximate surface area is 163 Å². The van der Waals surface area contributed by atoms with Crippen molar-refractivity contribution in [3.8, 4) is 5.75 Å². The lowest BCUT2D eigenvalue weighted by Gasteiger charge is -2.60. The summed E-state index contributed by atoms with van der Waals surface area (Å²) in [6.45, 7) is 5.75. The van der Waals surface area contributed by atoms with Crippen LogP contribution in [0.3, 0.4) is 0 Å². The van der Waals surface area contributed by atoms with Crippen molar-refractivity contribution in [1.29, 1.82) is 0 Å². The smallest absolute Gasteiger partial charge is 0.324 e. The third kappa shape index (κ3) is 3.03. The van der Waals surface area contributed by atoms with Gasteiger partial charge < -0.3 is 9.64 Å². The van der Waals surface area contributed by atoms with Gasteiger partial charge in [0, 0.05) is 61.6 Å². The number of nitrogens with zero attached hydrogens (tertiary/aromatic N) is 4. The van der Waals surface area contributed by atoms with Crippen LogP contribution >= 0.6 is 11.6 Å². The van der Waals surface area contributed by atoms with Crippen molar-refractivity contribution in [1.82, 2.24) is 14.8 Å². The van der Waals surface area contributed by atoms with Crippen LogP contribution in [0.4, 0.5) is 10.5 Å². The zero-order valence-electron chi connectivity index (χ0n) is 15.0. The fraction of sp³-hybridized carbons (Fsp3) is 0.400. The second-order valence-corrected chi connectivity index (χ2v) is 8.19. The van der Waals surface area contributed by atoms with Gasteiger partial charge in [-0.15, -0.1) is 0 Å². The van der Waals surface area contributed by atoms with Gasteiger partial charge in [0.2, 0.25) is 0 Å². The predicted octanol–water partition coefficient (Wildman–Crippen LogP) is 2.87. The van der Waals surface area contributed by atoms with E-state index in [0.29, 0.717) is 23.9 Å². The van der Waals surface area contributed by atoms with Crippen LogP contribution in [0, 0.1) is 5.41 Å². The minimum absolute atomic E-state index is 0.0678. The molecule has 0 saturated carbocycles. The monoisotopic (exact) mass is 384 g/mol. The number of hydrogen-bond donors (Lipinski definition) is 0. The molecule has 2 saturated heterocycles. The summed E-state index contributed by atoms with van der Waals surface area (Å²) in [7, 11) is 0. The Balaban J connectivity index is 1.18. The SMILES string of the molecule is O=C(N1CC2(CN(Cc3cccnc3)C2)C1)N1CCOc2cc(Cl)ccc21. The van der Waals surface area contributed by atoms with Gasteiger partial charge in [-0.05, 0) is 23.8 Å². The van der Waals surface area contributed by atoms with Crippen LogP contribution in [0.15, 0.2) is 42.7 Å². The first-order valence-electron chi connectivity index (χ1n) is 9.22. The highest BCUT2D eigenvalue weighted by Gasteiger charge is 2.53. The fourth-order valence-corrected chi connectivity index (χ4v) is 4.59. The van der Waals surface area contributed by atoms with Gasteiger partial charge >= 0.3 is 6.03 Å². The molecule has 6 nitrogen and oxygen atoms in total. The molecule has 1 aromatic heterocycles. The van der Waals surface area contributed by atoms with Crippen molar-refractivity contribution in [2.75, 3.05) is 44.2 Å². The fourth-order valence-electron chi connectivity index (χ4n) is 4.43. The molecule has 2 fully saturated rings. The number of aromatic nitrogens is 1. The van der Waals surface area contributed by atoms with Gasteiger partial charge in [0.05, 0.1) is 12.2 Å². The van der Waals surface area contributed by atoms with E-state index < -0.39 is 0 Å². The molecule has 3 aliphatic rings. The lowest BCUT2D eigenvalue weighted by molar-refractivity contribution is -0.0974. The van der Waals surface area contributed by atoms with Crippen LogP contribution in [0.1, 0.15) is 5.56 Å². The molecule has 0 radical (unpaired) electrons. The van der Waals surface area contributed by atoms with E-state index >= 15 is 0 Å². The number of likely N-dealkylation sites (tertiary alicyclic amines) is 2. The van der Waals surface area contributed by atoms with Crippen molar-refractivity contribution in [3.63, 3.8) is 0 Å². The maximum absolute atomic E-state index is 13.0. The highest BCUT2D eigenvalue weighted by atomic mass is 35.5. The van der Waals surface area contributed by atoms with E-state index in [1.165, 1.54) is 5.56 Å². The zero-order chi connectivity index (χ0) is 18.4. The molecular formula is C20H21ClN4O2. The zero-order valence-corrected chi connectivity index (χ0v) is 15.7. The Morgan fingerprint density at radius 2 is 2.07 bits per heavy atom. The maximum atomic E-state index is 13.0. The molecule has 7 heteroatoms. The topological polar surface area (TPSA) is 48.9 Å². The van der Waals surface area contributed by atoms with E-state index in [9.17, 15) is 4.79 Å². The average Bonchev–Trinajstić information content (AvgIpc) is 2.62. The highest BCUT2D eigenvalue weighted by Crippen LogP contribution is 2.42. The first kappa shape index (κ1) is 16.8. The molecule has 4 heterocycles. The Morgan fingerprint density at radius 1 is 1.22 bits per heavy atom. The largest absolute Gasteiger partial charge is 0.489 e. The van der Waals surface area contributed by atoms with E-state index in [2.05, 4.69) is 16.0 Å². The standard InChI is InChI=1S/C20H21ClN4O2/c21-16-3-4-17-18(8-16)27-7-6-25(17)19(26)24-13-20(14-24)11-23(12-20)10-15-2-1-5-22-9-15/h1-5,8-9H,6-7,10-14H2. The van der Waals surface area contributed by atoms with E-state index in [1.807, 2.05) is 28.1 Å². The quantitative estimate of drug-likeness (QED) is 0.798. The summed E-state index contributed by atoms with van der Waals surface area (Å²) in [6, 6.07) is 9.59. The third-order valence-corrected chi connectivity index (χ3v) is 5.82. The number of benzene rings is 1. The van der Waals surface area contributed by atoms with E-state index in [4.69, 9.17) is 16.3 Å². The lowest BCUT2D eigenvalue weighted by atomic mass is 9.73. The molecule has 0 aliphatic carbocycles. The Bertz CT molecular complexity index is 862. The van der Waals surface area contributed by atoms with Crippen LogP contribution in [-0.2, 0) is 6.54 Å². The summed E-state index contributed by atoms with van der Waals surface area (Å²) in [6.07, 6.45) is 3.72. The summed E-state index contributed by atoms with van der Waals surface area (Å²) < 4.78 is 5.65. The number of amides is 2. The molecular weight excluding hydrogens is 364 g/mol. The number of anilines is 1. The number of carbonyl (C=O) groups excluding carboxylic acids is 1. The normalized spacial score (nSPS) is 20.5. The van der Waals surface area contributed by atoms with Crippen molar-refractivity contribution in [2.24, 2.45) is 5.41 Å². The van der Waals surface area contributed by atoms with Crippen molar-refractivity contribution >= 4 is 23.3 Å². The van der Waals surface area contributed by atoms with Gasteiger partial charge in [0.15, 0.2) is 0 Å². The van der Waals surface area contributed by atoms with Gasteiger partial charge in [0.25, 0.3) is 0 Å². The number of carbonyl (C=O) groups is 1. The van der Waals surface area contributed by atoms with E-state index in [-0.39, 0.29) is 11.4 Å². The number of hydrogen-bond acceptors (Lipinski definition) is 4. The number of rotatable bonds is 2. The minimum Gasteiger partial charge on any atom is -0.489 e. The van der Waals surface area contributed by atoms with Crippen LogP contribution in [-0.4, -0.2) is 60.1 Å². The maximum Gasteiger partial charge on any atom is 0.324 e. The molecule has 0 atom stereocenters. The molecule has 27 heavy (non-hydrogen) atoms. The van der Waals surface area contributed by atoms with Crippen molar-refractivity contribution < 1.29 is 9.53 Å². The average molecular weight is 385 g/mol. The Morgan fingerprint density at radius 3 is 2.85 bits per heavy atom. The van der Waals surface area contributed by atoms with Crippen LogP contribution < -0.4 is 9.64 Å². The summed E-state index contributed by atoms with van der Waals surface area (Å²) >= 11 is 6.04. The van der Waals surface area contributed by atoms with Crippen molar-refractivity contribution in [2.45, 2.75) is 6.54 Å². The van der Waals surface area contributed by atoms with Crippen LogP contribution in [0.2, 0.25) is 5.02 Å². The number of ether oxygens (including phenoxy) is 1. The second-order valence-electron chi connectivity index (χ2n) is 7.76. The lowest BCUT2D eigenvalue weighted by Crippen LogP contribution is -2.73. The van der Waals surface area contributed by atoms with Gasteiger partial charge in [-0.25, -0.2) is 4.79 Å². The Hall–Kier alpha value is -2.31. The van der Waals surface area contributed by atoms with E-state index in [0.717, 1.165) is 38.4 Å². The van der Waals surface area contributed by atoms with Crippen LogP contribution in [0.25, 0.3) is 0 Å². The van der Waals surface area contributed by atoms with Gasteiger partial charge in [-0.2, -0.15) is 0 Å². The summed E-state index contributed by atoms with van der Waals surface area (Å²) in [5.41, 5.74) is 2.32. The minimum atomic E-state index is 0.0678. The van der Waals surface area contributed by atoms with Crippen LogP contribution in [0.5, 0.6) is 5.75 Å². The molecule has 0 bridgehead atoms. The van der Waals surface area contributed by atoms with Gasteiger partial charge in [0.1, 0.15) is 12.4 Å². The number of fused-ring (bicyclic) bond motifs is 1. The molecule has 1 spiro atoms. The number of urea groups is 1. The Kier molecular flexibility index (Phi) is 3.98. The summed E-state index contributed by atoms with van der Waals surface area (Å²) in [4.78, 5) is 23.3. The molecule has 1 aromatic carbocycles. The van der Waals surface area contributed by atoms with Crippen molar-refractivity contribution in [3.05, 3.63) is 53.3 Å². The first-order valence-corrected chi connectivity index (χ1v) is 9.60. The number of halogens is 1. The first-order chi connectivity index (χ1) is 13.1. The molecule has 2 amide bonds. The van der Waals surface area contributed by atoms with Gasteiger partial charge in [-0.1, -0.05) is 17.7 Å². The predicted molar refractivity (Wildman–Crippen MR) is 103 cm³/mol. The van der Waals surface area contributed by atoms with Gasteiger partial charge in [-0.3, -0.25) is 14.8 Å². The third-order valence-electron chi connectivity index (χ3n) is 5.59. The second kappa shape index (κ2) is 6.39.